The van der Waals surface area contributed by atoms with Crippen molar-refractivity contribution in [2.75, 3.05) is 5.32 Å². The average molecular weight is 286 g/mol. The number of anilines is 1. The number of hydrogen-bond acceptors (Lipinski definition) is 5. The van der Waals surface area contributed by atoms with E-state index in [1.807, 2.05) is 0 Å². The zero-order valence-electron chi connectivity index (χ0n) is 10.1. The van der Waals surface area contributed by atoms with E-state index in [1.165, 1.54) is 0 Å². The van der Waals surface area contributed by atoms with Crippen molar-refractivity contribution >= 4 is 34.4 Å². The van der Waals surface area contributed by atoms with Gasteiger partial charge in [-0.15, -0.1) is 10.2 Å². The van der Waals surface area contributed by atoms with Gasteiger partial charge in [0.1, 0.15) is 5.52 Å². The van der Waals surface area contributed by atoms with E-state index in [4.69, 9.17) is 11.6 Å². The highest BCUT2D eigenvalue weighted by atomic mass is 35.5. The van der Waals surface area contributed by atoms with Crippen molar-refractivity contribution in [1.29, 1.82) is 0 Å². The fourth-order valence-corrected chi connectivity index (χ4v) is 1.84. The topological polar surface area (TPSA) is 80.7 Å². The second kappa shape index (κ2) is 5.18. The zero-order valence-corrected chi connectivity index (χ0v) is 10.9. The van der Waals surface area contributed by atoms with Crippen molar-refractivity contribution in [3.8, 4) is 0 Å². The maximum absolute atomic E-state index is 12.2. The molecule has 0 fully saturated rings. The third-order valence-electron chi connectivity index (χ3n) is 2.62. The fraction of sp³-hybridized carbons (Fsp3) is 0. The van der Waals surface area contributed by atoms with Gasteiger partial charge in [0.15, 0.2) is 11.0 Å². The molecular formula is C13H8ClN5O. The van der Waals surface area contributed by atoms with Crippen LogP contribution in [0.2, 0.25) is 5.15 Å². The minimum absolute atomic E-state index is 0.263. The Hall–Kier alpha value is -2.60. The molecule has 0 radical (unpaired) electrons. The van der Waals surface area contributed by atoms with Gasteiger partial charge >= 0.3 is 0 Å². The molecule has 1 aromatic carbocycles. The number of halogens is 1. The highest BCUT2D eigenvalue weighted by Crippen LogP contribution is 2.15. The summed E-state index contributed by atoms with van der Waals surface area (Å²) in [6.45, 7) is 0. The fourth-order valence-electron chi connectivity index (χ4n) is 1.74. The summed E-state index contributed by atoms with van der Waals surface area (Å²) < 4.78 is 0. The number of hydrogen-bond donors (Lipinski definition) is 1. The van der Waals surface area contributed by atoms with E-state index < -0.39 is 0 Å². The highest BCUT2D eigenvalue weighted by Gasteiger charge is 2.12. The van der Waals surface area contributed by atoms with Crippen LogP contribution in [0.5, 0.6) is 0 Å². The normalized spacial score (nSPS) is 10.4. The second-order valence-electron chi connectivity index (χ2n) is 3.93. The first-order valence-electron chi connectivity index (χ1n) is 5.74. The van der Waals surface area contributed by atoms with Crippen LogP contribution < -0.4 is 5.32 Å². The van der Waals surface area contributed by atoms with Gasteiger partial charge in [-0.3, -0.25) is 14.8 Å². The minimum Gasteiger partial charge on any atom is -0.305 e. The molecule has 0 bridgehead atoms. The van der Waals surface area contributed by atoms with E-state index in [-0.39, 0.29) is 11.1 Å². The van der Waals surface area contributed by atoms with Crippen molar-refractivity contribution in [3.05, 3.63) is 53.4 Å². The molecule has 0 aliphatic rings. The van der Waals surface area contributed by atoms with E-state index >= 15 is 0 Å². The first kappa shape index (κ1) is 12.4. The Morgan fingerprint density at radius 1 is 1.05 bits per heavy atom. The molecule has 3 aromatic rings. The maximum Gasteiger partial charge on any atom is 0.259 e. The smallest absolute Gasteiger partial charge is 0.259 e. The van der Waals surface area contributed by atoms with Gasteiger partial charge in [0.25, 0.3) is 5.91 Å². The summed E-state index contributed by atoms with van der Waals surface area (Å²) in [5, 5.41) is 10.3. The Morgan fingerprint density at radius 3 is 2.70 bits per heavy atom. The molecule has 20 heavy (non-hydrogen) atoms. The molecule has 2 aromatic heterocycles. The Bertz CT molecular complexity index is 770. The van der Waals surface area contributed by atoms with E-state index in [0.29, 0.717) is 22.4 Å². The number of nitrogens with zero attached hydrogens (tertiary/aromatic N) is 4. The molecule has 0 unspecified atom stereocenters. The van der Waals surface area contributed by atoms with E-state index in [1.54, 1.807) is 42.7 Å². The van der Waals surface area contributed by atoms with Gasteiger partial charge in [-0.1, -0.05) is 17.7 Å². The molecule has 3 rings (SSSR count). The third-order valence-corrected chi connectivity index (χ3v) is 2.82. The largest absolute Gasteiger partial charge is 0.305 e. The Morgan fingerprint density at radius 2 is 1.90 bits per heavy atom. The lowest BCUT2D eigenvalue weighted by molar-refractivity contribution is 0.102. The number of carbonyl (C=O) groups excluding carboxylic acids is 1. The second-order valence-corrected chi connectivity index (χ2v) is 4.31. The van der Waals surface area contributed by atoms with Crippen LogP contribution in [0.4, 0.5) is 5.82 Å². The first-order valence-corrected chi connectivity index (χ1v) is 6.12. The quantitative estimate of drug-likeness (QED) is 0.781. The predicted octanol–water partition coefficient (Wildman–Crippen LogP) is 2.33. The molecule has 1 amide bonds. The number of carbonyl (C=O) groups is 1. The summed E-state index contributed by atoms with van der Waals surface area (Å²) in [6, 6.07) is 8.34. The number of nitrogens with one attached hydrogen (secondary N) is 1. The molecule has 0 saturated carbocycles. The Labute approximate surface area is 118 Å². The molecule has 2 heterocycles. The van der Waals surface area contributed by atoms with Gasteiger partial charge in [-0.2, -0.15) is 0 Å². The molecule has 0 saturated heterocycles. The lowest BCUT2D eigenvalue weighted by atomic mass is 10.1. The van der Waals surface area contributed by atoms with Crippen molar-refractivity contribution in [2.45, 2.75) is 0 Å². The number of para-hydroxylation sites is 1. The van der Waals surface area contributed by atoms with E-state index in [9.17, 15) is 4.79 Å². The van der Waals surface area contributed by atoms with Crippen LogP contribution in [0.15, 0.2) is 42.7 Å². The summed E-state index contributed by atoms with van der Waals surface area (Å²) in [5.41, 5.74) is 1.61. The lowest BCUT2D eigenvalue weighted by Crippen LogP contribution is -2.14. The molecule has 0 aliphatic heterocycles. The first-order chi connectivity index (χ1) is 9.74. The molecule has 7 heteroatoms. The average Bonchev–Trinajstić information content (AvgIpc) is 2.49. The predicted molar refractivity (Wildman–Crippen MR) is 74.5 cm³/mol. The molecular weight excluding hydrogens is 278 g/mol. The molecule has 0 spiro atoms. The number of rotatable bonds is 2. The lowest BCUT2D eigenvalue weighted by Gasteiger charge is -2.05. The van der Waals surface area contributed by atoms with Crippen LogP contribution in [0, 0.1) is 0 Å². The van der Waals surface area contributed by atoms with Crippen molar-refractivity contribution < 1.29 is 4.79 Å². The number of fused-ring (bicyclic) bond motifs is 1. The van der Waals surface area contributed by atoms with Gasteiger partial charge < -0.3 is 5.32 Å². The summed E-state index contributed by atoms with van der Waals surface area (Å²) in [7, 11) is 0. The molecule has 1 N–H and O–H groups in total. The van der Waals surface area contributed by atoms with Gasteiger partial charge in [0.05, 0.1) is 11.1 Å². The summed E-state index contributed by atoms with van der Waals surface area (Å²) in [6.07, 6.45) is 3.12. The monoisotopic (exact) mass is 285 g/mol. The van der Waals surface area contributed by atoms with Crippen molar-refractivity contribution in [3.63, 3.8) is 0 Å². The number of benzene rings is 1. The zero-order chi connectivity index (χ0) is 13.9. The number of aromatic nitrogens is 4. The maximum atomic E-state index is 12.2. The third kappa shape index (κ3) is 2.41. The SMILES string of the molecule is O=C(Nc1ccc(Cl)nn1)c1cccc2nccnc12. The van der Waals surface area contributed by atoms with Gasteiger partial charge in [0, 0.05) is 12.4 Å². The van der Waals surface area contributed by atoms with Gasteiger partial charge in [0.2, 0.25) is 0 Å². The van der Waals surface area contributed by atoms with Crippen LogP contribution in [0.3, 0.4) is 0 Å². The van der Waals surface area contributed by atoms with Crippen LogP contribution >= 0.6 is 11.6 Å². The Balaban J connectivity index is 1.94. The van der Waals surface area contributed by atoms with Gasteiger partial charge in [-0.05, 0) is 24.3 Å². The highest BCUT2D eigenvalue weighted by molar-refractivity contribution is 6.29. The van der Waals surface area contributed by atoms with Crippen LogP contribution in [-0.4, -0.2) is 26.1 Å². The molecule has 0 aliphatic carbocycles. The molecule has 98 valence electrons. The van der Waals surface area contributed by atoms with Crippen LogP contribution in [0.1, 0.15) is 10.4 Å². The van der Waals surface area contributed by atoms with Crippen molar-refractivity contribution in [2.24, 2.45) is 0 Å². The van der Waals surface area contributed by atoms with Crippen LogP contribution in [0.25, 0.3) is 11.0 Å². The minimum atomic E-state index is -0.326. The summed E-state index contributed by atoms with van der Waals surface area (Å²) >= 11 is 5.64. The van der Waals surface area contributed by atoms with E-state index in [0.717, 1.165) is 0 Å². The Kier molecular flexibility index (Phi) is 3.22. The molecule has 6 nitrogen and oxygen atoms in total. The summed E-state index contributed by atoms with van der Waals surface area (Å²) in [5.74, 6) is -0.00647. The van der Waals surface area contributed by atoms with E-state index in [2.05, 4.69) is 25.5 Å². The standard InChI is InChI=1S/C13H8ClN5O/c14-10-4-5-11(19-18-10)17-13(20)8-2-1-3-9-12(8)16-7-6-15-9/h1-7H,(H,17,19,20). The number of amides is 1. The molecule has 0 atom stereocenters. The van der Waals surface area contributed by atoms with Gasteiger partial charge in [-0.25, -0.2) is 0 Å². The van der Waals surface area contributed by atoms with Crippen molar-refractivity contribution in [1.82, 2.24) is 20.2 Å². The van der Waals surface area contributed by atoms with Crippen LogP contribution in [-0.2, 0) is 0 Å². The summed E-state index contributed by atoms with van der Waals surface area (Å²) in [4.78, 5) is 20.6.